The minimum absolute atomic E-state index is 0. The van der Waals surface area contributed by atoms with Crippen molar-refractivity contribution in [1.82, 2.24) is 9.97 Å². The van der Waals surface area contributed by atoms with Gasteiger partial charge in [0.1, 0.15) is 0 Å². The molecule has 0 saturated heterocycles. The van der Waals surface area contributed by atoms with Crippen molar-refractivity contribution >= 4 is 11.3 Å². The third-order valence-electron chi connectivity index (χ3n) is 0.914. The van der Waals surface area contributed by atoms with Crippen LogP contribution in [0.2, 0.25) is 0 Å². The smallest absolute Gasteiger partial charge is 0.0791 e. The second kappa shape index (κ2) is 23.5. The van der Waals surface area contributed by atoms with Crippen molar-refractivity contribution in [2.75, 3.05) is 0 Å². The SMILES string of the molecule is C.CC.CC.c1ccncc1.c1cscn1. The van der Waals surface area contributed by atoms with Gasteiger partial charge in [-0.2, -0.15) is 0 Å². The normalized spacial score (nSPS) is 6.25. The molecule has 0 aliphatic rings. The molecule has 0 fully saturated rings. The molecule has 2 heterocycles. The van der Waals surface area contributed by atoms with E-state index >= 15 is 0 Å². The molecule has 0 amide bonds. The first-order chi connectivity index (χ1) is 7.50. The summed E-state index contributed by atoms with van der Waals surface area (Å²) in [6, 6.07) is 5.72. The molecule has 2 aromatic rings. The van der Waals surface area contributed by atoms with Crippen LogP contribution in [0.4, 0.5) is 0 Å². The number of rotatable bonds is 0. The summed E-state index contributed by atoms with van der Waals surface area (Å²) in [5.41, 5.74) is 1.79. The summed E-state index contributed by atoms with van der Waals surface area (Å²) in [5.74, 6) is 0. The lowest BCUT2D eigenvalue weighted by atomic mass is 10.5. The lowest BCUT2D eigenvalue weighted by Crippen LogP contribution is -1.58. The summed E-state index contributed by atoms with van der Waals surface area (Å²) in [6.07, 6.45) is 5.27. The van der Waals surface area contributed by atoms with Crippen LogP contribution in [0.15, 0.2) is 47.7 Å². The van der Waals surface area contributed by atoms with Crippen LogP contribution in [0.1, 0.15) is 35.1 Å². The average molecular weight is 240 g/mol. The van der Waals surface area contributed by atoms with Crippen molar-refractivity contribution in [2.45, 2.75) is 35.1 Å². The predicted molar refractivity (Wildman–Crippen MR) is 75.8 cm³/mol. The third kappa shape index (κ3) is 18.5. The Morgan fingerprint density at radius 2 is 1.31 bits per heavy atom. The van der Waals surface area contributed by atoms with Gasteiger partial charge in [-0.1, -0.05) is 41.2 Å². The van der Waals surface area contributed by atoms with E-state index in [2.05, 4.69) is 9.97 Å². The summed E-state index contributed by atoms with van der Waals surface area (Å²) in [5, 5.41) is 1.93. The highest BCUT2D eigenvalue weighted by Crippen LogP contribution is 1.85. The topological polar surface area (TPSA) is 25.8 Å². The van der Waals surface area contributed by atoms with Crippen LogP contribution >= 0.6 is 11.3 Å². The molecule has 0 atom stereocenters. The minimum atomic E-state index is 0. The van der Waals surface area contributed by atoms with Crippen LogP contribution in [0.5, 0.6) is 0 Å². The quantitative estimate of drug-likeness (QED) is 0.653. The van der Waals surface area contributed by atoms with Crippen molar-refractivity contribution in [3.8, 4) is 0 Å². The van der Waals surface area contributed by atoms with E-state index in [9.17, 15) is 0 Å². The van der Waals surface area contributed by atoms with E-state index in [4.69, 9.17) is 0 Å². The molecule has 3 heteroatoms. The summed E-state index contributed by atoms with van der Waals surface area (Å²) < 4.78 is 0. The van der Waals surface area contributed by atoms with E-state index in [1.165, 1.54) is 0 Å². The molecule has 0 radical (unpaired) electrons. The molecule has 2 nitrogen and oxygen atoms in total. The molecule has 0 aromatic carbocycles. The molecule has 0 bridgehead atoms. The standard InChI is InChI=1S/C5H5N.C3H3NS.2C2H6.CH4/c1-2-4-6-5-3-1;1-2-5-3-4-1;2*1-2;/h1-5H;1-3H;2*1-2H3;1H4. The maximum absolute atomic E-state index is 3.78. The lowest BCUT2D eigenvalue weighted by Gasteiger charge is -1.70. The van der Waals surface area contributed by atoms with Crippen LogP contribution in [-0.2, 0) is 0 Å². The van der Waals surface area contributed by atoms with Gasteiger partial charge in [0.05, 0.1) is 5.51 Å². The van der Waals surface area contributed by atoms with Crippen molar-refractivity contribution in [3.63, 3.8) is 0 Å². The molecule has 0 saturated carbocycles. The summed E-state index contributed by atoms with van der Waals surface area (Å²) in [6.45, 7) is 8.00. The summed E-state index contributed by atoms with van der Waals surface area (Å²) >= 11 is 1.60. The molecule has 0 aliphatic heterocycles. The maximum atomic E-state index is 3.78. The Kier molecular flexibility index (Phi) is 29.7. The largest absolute Gasteiger partial charge is 0.265 e. The number of aromatic nitrogens is 2. The van der Waals surface area contributed by atoms with Gasteiger partial charge in [-0.25, -0.2) is 0 Å². The second-order valence-electron chi connectivity index (χ2n) is 1.70. The van der Waals surface area contributed by atoms with Gasteiger partial charge in [-0.15, -0.1) is 11.3 Å². The second-order valence-corrected chi connectivity index (χ2v) is 2.46. The van der Waals surface area contributed by atoms with Crippen LogP contribution in [-0.4, -0.2) is 9.97 Å². The average Bonchev–Trinajstić information content (AvgIpc) is 2.95. The van der Waals surface area contributed by atoms with Gasteiger partial charge in [0, 0.05) is 24.0 Å². The third-order valence-corrected chi connectivity index (χ3v) is 1.44. The Bertz CT molecular complexity index is 200. The summed E-state index contributed by atoms with van der Waals surface area (Å²) in [4.78, 5) is 7.53. The van der Waals surface area contributed by atoms with Crippen LogP contribution in [0.25, 0.3) is 0 Å². The van der Waals surface area contributed by atoms with E-state index < -0.39 is 0 Å². The fourth-order valence-electron chi connectivity index (χ4n) is 0.488. The van der Waals surface area contributed by atoms with Crippen molar-refractivity contribution in [2.24, 2.45) is 0 Å². The van der Waals surface area contributed by atoms with Gasteiger partial charge in [0.15, 0.2) is 0 Å². The zero-order chi connectivity index (χ0) is 11.8. The zero-order valence-corrected chi connectivity index (χ0v) is 10.7. The van der Waals surface area contributed by atoms with E-state index in [1.54, 1.807) is 35.4 Å². The number of hydrogen-bond donors (Lipinski definition) is 0. The monoisotopic (exact) mass is 240 g/mol. The van der Waals surface area contributed by atoms with Gasteiger partial charge in [-0.05, 0) is 12.1 Å². The van der Waals surface area contributed by atoms with Crippen LogP contribution in [0.3, 0.4) is 0 Å². The number of hydrogen-bond acceptors (Lipinski definition) is 3. The van der Waals surface area contributed by atoms with Gasteiger partial charge < -0.3 is 0 Å². The predicted octanol–water partition coefficient (Wildman–Crippen LogP) is 4.91. The number of pyridine rings is 1. The molecular formula is C13H24N2S. The Morgan fingerprint density at radius 1 is 0.750 bits per heavy atom. The Balaban J connectivity index is -0.000000156. The Labute approximate surface area is 104 Å². The van der Waals surface area contributed by atoms with Crippen molar-refractivity contribution < 1.29 is 0 Å². The molecule has 0 unspecified atom stereocenters. The summed E-state index contributed by atoms with van der Waals surface area (Å²) in [7, 11) is 0. The molecule has 0 aliphatic carbocycles. The van der Waals surface area contributed by atoms with E-state index in [-0.39, 0.29) is 7.43 Å². The lowest BCUT2D eigenvalue weighted by molar-refractivity contribution is 1.33. The zero-order valence-electron chi connectivity index (χ0n) is 9.92. The van der Waals surface area contributed by atoms with Crippen LogP contribution < -0.4 is 0 Å². The molecule has 0 N–H and O–H groups in total. The maximum Gasteiger partial charge on any atom is 0.0791 e. The molecular weight excluding hydrogens is 216 g/mol. The van der Waals surface area contributed by atoms with E-state index in [0.717, 1.165) is 0 Å². The first-order valence-electron chi connectivity index (χ1n) is 5.17. The van der Waals surface area contributed by atoms with E-state index in [0.29, 0.717) is 0 Å². The Morgan fingerprint density at radius 3 is 1.44 bits per heavy atom. The first kappa shape index (κ1) is 20.2. The Hall–Kier alpha value is -1.22. The fourth-order valence-corrected chi connectivity index (χ4v) is 0.840. The van der Waals surface area contributed by atoms with Crippen molar-refractivity contribution in [3.05, 3.63) is 47.7 Å². The van der Waals surface area contributed by atoms with Gasteiger partial charge in [0.2, 0.25) is 0 Å². The fraction of sp³-hybridized carbons (Fsp3) is 0.385. The van der Waals surface area contributed by atoms with Gasteiger partial charge in [-0.3, -0.25) is 9.97 Å². The molecule has 0 spiro atoms. The van der Waals surface area contributed by atoms with E-state index in [1.807, 2.05) is 51.3 Å². The number of nitrogens with zero attached hydrogens (tertiary/aromatic N) is 2. The van der Waals surface area contributed by atoms with Crippen LogP contribution in [0, 0.1) is 0 Å². The highest BCUT2D eigenvalue weighted by molar-refractivity contribution is 7.07. The molecule has 2 aromatic heterocycles. The van der Waals surface area contributed by atoms with Gasteiger partial charge >= 0.3 is 0 Å². The first-order valence-corrected chi connectivity index (χ1v) is 6.11. The molecule has 2 rings (SSSR count). The molecule has 92 valence electrons. The number of thiazole rings is 1. The minimum Gasteiger partial charge on any atom is -0.265 e. The highest BCUT2D eigenvalue weighted by Gasteiger charge is 1.59. The van der Waals surface area contributed by atoms with Gasteiger partial charge in [0.25, 0.3) is 0 Å². The molecule has 16 heavy (non-hydrogen) atoms. The van der Waals surface area contributed by atoms with Crippen molar-refractivity contribution in [1.29, 1.82) is 0 Å². The highest BCUT2D eigenvalue weighted by atomic mass is 32.1.